The van der Waals surface area contributed by atoms with Crippen molar-refractivity contribution in [2.45, 2.75) is 130 Å². The lowest BCUT2D eigenvalue weighted by atomic mass is 9.43. The van der Waals surface area contributed by atoms with Crippen LogP contribution in [0.3, 0.4) is 0 Å². The summed E-state index contributed by atoms with van der Waals surface area (Å²) in [5.74, 6) is 5.74. The minimum absolute atomic E-state index is 0.123. The van der Waals surface area contributed by atoms with Crippen LogP contribution in [0.1, 0.15) is 119 Å². The number of fused-ring (bicyclic) bond motifs is 5. The largest absolute Gasteiger partial charge is 0.393 e. The van der Waals surface area contributed by atoms with Gasteiger partial charge in [-0.05, 0) is 129 Å². The summed E-state index contributed by atoms with van der Waals surface area (Å²) in [4.78, 5) is 0. The standard InChI is InChI=1S/C30H54O2/c1-8-30(32-7)18-17-28(5)22(19-30)10-11-23-25-13-12-24(29(25,6)16-15-26(23)28)21(4)9-14-27(31)20(2)3/h20-27,31H,8-19H2,1-7H3/t21-,22+,23+,24-,25+,26+,27-,28+,29-,30+/m1/s1. The first-order valence-corrected chi connectivity index (χ1v) is 14.3. The predicted molar refractivity (Wildman–Crippen MR) is 134 cm³/mol. The van der Waals surface area contributed by atoms with E-state index in [9.17, 15) is 5.11 Å². The van der Waals surface area contributed by atoms with Gasteiger partial charge in [0.2, 0.25) is 0 Å². The fraction of sp³-hybridized carbons (Fsp3) is 1.00. The predicted octanol–water partition coefficient (Wildman–Crippen LogP) is 7.87. The summed E-state index contributed by atoms with van der Waals surface area (Å²) in [5.41, 5.74) is 1.25. The summed E-state index contributed by atoms with van der Waals surface area (Å²) in [7, 11) is 1.96. The van der Waals surface area contributed by atoms with E-state index in [1.54, 1.807) is 0 Å². The second-order valence-corrected chi connectivity index (χ2v) is 13.7. The second-order valence-electron chi connectivity index (χ2n) is 13.7. The quantitative estimate of drug-likeness (QED) is 0.431. The Hall–Kier alpha value is -0.0800. The Kier molecular flexibility index (Phi) is 7.18. The molecule has 186 valence electrons. The molecule has 0 aliphatic heterocycles. The fourth-order valence-electron chi connectivity index (χ4n) is 9.90. The van der Waals surface area contributed by atoms with Crippen LogP contribution in [0.4, 0.5) is 0 Å². The molecule has 0 spiro atoms. The zero-order valence-corrected chi connectivity index (χ0v) is 22.5. The van der Waals surface area contributed by atoms with Gasteiger partial charge in [-0.15, -0.1) is 0 Å². The van der Waals surface area contributed by atoms with Crippen LogP contribution in [-0.2, 0) is 4.74 Å². The van der Waals surface area contributed by atoms with Gasteiger partial charge in [0, 0.05) is 7.11 Å². The Labute approximate surface area is 199 Å². The molecule has 2 heteroatoms. The summed E-state index contributed by atoms with van der Waals surface area (Å²) in [6, 6.07) is 0. The van der Waals surface area contributed by atoms with Gasteiger partial charge in [0.05, 0.1) is 11.7 Å². The number of rotatable bonds is 7. The van der Waals surface area contributed by atoms with E-state index >= 15 is 0 Å². The van der Waals surface area contributed by atoms with Crippen LogP contribution in [0.5, 0.6) is 0 Å². The molecule has 0 aromatic rings. The van der Waals surface area contributed by atoms with Crippen molar-refractivity contribution in [3.8, 4) is 0 Å². The van der Waals surface area contributed by atoms with E-state index in [1.165, 1.54) is 70.6 Å². The molecule has 4 rings (SSSR count). The number of ether oxygens (including phenoxy) is 1. The van der Waals surface area contributed by atoms with Gasteiger partial charge in [0.1, 0.15) is 0 Å². The number of aliphatic hydroxyl groups excluding tert-OH is 1. The minimum atomic E-state index is -0.123. The highest BCUT2D eigenvalue weighted by atomic mass is 16.5. The highest BCUT2D eigenvalue weighted by Gasteiger charge is 2.61. The van der Waals surface area contributed by atoms with Crippen LogP contribution in [0, 0.1) is 52.3 Å². The van der Waals surface area contributed by atoms with Crippen molar-refractivity contribution >= 4 is 0 Å². The van der Waals surface area contributed by atoms with Gasteiger partial charge >= 0.3 is 0 Å². The molecule has 0 saturated heterocycles. The van der Waals surface area contributed by atoms with Crippen LogP contribution in [0.15, 0.2) is 0 Å². The van der Waals surface area contributed by atoms with E-state index in [0.717, 1.165) is 41.9 Å². The average molecular weight is 447 g/mol. The SMILES string of the molecule is CC[C@]1(OC)CC[C@@]2(C)[C@@H](CC[C@@H]3[C@@H]2CC[C@]2(C)[C@@H]([C@H](C)CC[C@@H](O)C(C)C)CC[C@@H]32)C1. The molecule has 0 heterocycles. The van der Waals surface area contributed by atoms with Gasteiger partial charge in [-0.1, -0.05) is 41.5 Å². The Morgan fingerprint density at radius 2 is 1.59 bits per heavy atom. The molecule has 0 unspecified atom stereocenters. The molecule has 0 aromatic heterocycles. The number of methoxy groups -OCH3 is 1. The number of hydrogen-bond donors (Lipinski definition) is 1. The molecule has 4 saturated carbocycles. The lowest BCUT2D eigenvalue weighted by Gasteiger charge is -2.62. The minimum Gasteiger partial charge on any atom is -0.393 e. The molecular formula is C30H54O2. The lowest BCUT2D eigenvalue weighted by Crippen LogP contribution is -2.56. The van der Waals surface area contributed by atoms with Crippen molar-refractivity contribution in [2.24, 2.45) is 52.3 Å². The Bertz CT molecular complexity index is 639. The van der Waals surface area contributed by atoms with E-state index in [-0.39, 0.29) is 11.7 Å². The van der Waals surface area contributed by atoms with Crippen LogP contribution >= 0.6 is 0 Å². The van der Waals surface area contributed by atoms with Gasteiger partial charge in [0.25, 0.3) is 0 Å². The van der Waals surface area contributed by atoms with Gasteiger partial charge < -0.3 is 9.84 Å². The monoisotopic (exact) mass is 446 g/mol. The summed E-state index contributed by atoms with van der Waals surface area (Å²) < 4.78 is 6.12. The molecule has 4 fully saturated rings. The molecule has 2 nitrogen and oxygen atoms in total. The highest BCUT2D eigenvalue weighted by molar-refractivity contribution is 5.11. The third kappa shape index (κ3) is 4.02. The fourth-order valence-corrected chi connectivity index (χ4v) is 9.90. The summed E-state index contributed by atoms with van der Waals surface area (Å²) in [6.45, 7) is 14.5. The number of hydrogen-bond acceptors (Lipinski definition) is 2. The molecule has 4 aliphatic carbocycles. The highest BCUT2D eigenvalue weighted by Crippen LogP contribution is 2.69. The third-order valence-corrected chi connectivity index (χ3v) is 12.3. The van der Waals surface area contributed by atoms with Gasteiger partial charge in [-0.25, -0.2) is 0 Å². The van der Waals surface area contributed by atoms with E-state index in [1.807, 2.05) is 7.11 Å². The van der Waals surface area contributed by atoms with Crippen molar-refractivity contribution in [3.05, 3.63) is 0 Å². The lowest BCUT2D eigenvalue weighted by molar-refractivity contribution is -0.161. The molecule has 4 aliphatic rings. The first-order chi connectivity index (χ1) is 15.1. The molecule has 0 aromatic carbocycles. The topological polar surface area (TPSA) is 29.5 Å². The van der Waals surface area contributed by atoms with Crippen molar-refractivity contribution in [3.63, 3.8) is 0 Å². The maximum atomic E-state index is 10.4. The van der Waals surface area contributed by atoms with Crippen LogP contribution in [0.25, 0.3) is 0 Å². The average Bonchev–Trinajstić information content (AvgIpc) is 3.14. The van der Waals surface area contributed by atoms with Crippen molar-refractivity contribution in [1.82, 2.24) is 0 Å². The maximum absolute atomic E-state index is 10.4. The molecule has 0 radical (unpaired) electrons. The summed E-state index contributed by atoms with van der Waals surface area (Å²) >= 11 is 0. The third-order valence-electron chi connectivity index (χ3n) is 12.3. The van der Waals surface area contributed by atoms with Crippen molar-refractivity contribution in [2.75, 3.05) is 7.11 Å². The van der Waals surface area contributed by atoms with Gasteiger partial charge in [0.15, 0.2) is 0 Å². The van der Waals surface area contributed by atoms with E-state index in [0.29, 0.717) is 16.7 Å². The summed E-state index contributed by atoms with van der Waals surface area (Å²) in [5, 5.41) is 10.4. The van der Waals surface area contributed by atoms with Crippen molar-refractivity contribution in [1.29, 1.82) is 0 Å². The Balaban J connectivity index is 1.46. The molecule has 32 heavy (non-hydrogen) atoms. The first-order valence-electron chi connectivity index (χ1n) is 14.3. The Morgan fingerprint density at radius 3 is 2.25 bits per heavy atom. The van der Waals surface area contributed by atoms with E-state index in [2.05, 4.69) is 41.5 Å². The van der Waals surface area contributed by atoms with Crippen molar-refractivity contribution < 1.29 is 9.84 Å². The van der Waals surface area contributed by atoms with E-state index < -0.39 is 0 Å². The zero-order chi connectivity index (χ0) is 23.3. The van der Waals surface area contributed by atoms with Gasteiger partial charge in [-0.2, -0.15) is 0 Å². The van der Waals surface area contributed by atoms with Crippen LogP contribution in [-0.4, -0.2) is 23.9 Å². The summed E-state index contributed by atoms with van der Waals surface area (Å²) in [6.07, 6.45) is 15.9. The maximum Gasteiger partial charge on any atom is 0.0679 e. The Morgan fingerprint density at radius 1 is 0.875 bits per heavy atom. The second kappa shape index (κ2) is 9.18. The smallest absolute Gasteiger partial charge is 0.0679 e. The normalized spacial score (nSPS) is 48.1. The van der Waals surface area contributed by atoms with Crippen LogP contribution < -0.4 is 0 Å². The van der Waals surface area contributed by atoms with Gasteiger partial charge in [-0.3, -0.25) is 0 Å². The molecule has 10 atom stereocenters. The zero-order valence-electron chi connectivity index (χ0n) is 22.5. The van der Waals surface area contributed by atoms with E-state index in [4.69, 9.17) is 4.74 Å². The molecule has 0 amide bonds. The van der Waals surface area contributed by atoms with Crippen LogP contribution in [0.2, 0.25) is 0 Å². The number of aliphatic hydroxyl groups is 1. The molecule has 1 N–H and O–H groups in total. The first kappa shape index (κ1) is 25.0. The molecular weight excluding hydrogens is 392 g/mol. The molecule has 0 bridgehead atoms.